The molecule has 2 fully saturated rings. The zero-order valence-electron chi connectivity index (χ0n) is 11.9. The molecule has 1 aromatic heterocycles. The van der Waals surface area contributed by atoms with Crippen LogP contribution in [0.1, 0.15) is 49.5 Å². The summed E-state index contributed by atoms with van der Waals surface area (Å²) in [5.74, 6) is 1.67. The highest BCUT2D eigenvalue weighted by atomic mass is 16.5. The lowest BCUT2D eigenvalue weighted by molar-refractivity contribution is 0.123. The Morgan fingerprint density at radius 3 is 2.90 bits per heavy atom. The lowest BCUT2D eigenvalue weighted by atomic mass is 10.1. The van der Waals surface area contributed by atoms with Gasteiger partial charge in [-0.25, -0.2) is 4.98 Å². The first-order valence-electron chi connectivity index (χ1n) is 7.58. The third-order valence-corrected chi connectivity index (χ3v) is 4.49. The van der Waals surface area contributed by atoms with Crippen LogP contribution in [0.2, 0.25) is 0 Å². The number of ether oxygens (including phenoxy) is 1. The monoisotopic (exact) mass is 271 g/mol. The van der Waals surface area contributed by atoms with E-state index in [9.17, 15) is 0 Å². The number of fused-ring (bicyclic) bond motifs is 1. The van der Waals surface area contributed by atoms with Crippen LogP contribution < -0.4 is 5.73 Å². The number of aromatic nitrogens is 2. The molecule has 2 aromatic rings. The number of rotatable bonds is 3. The fourth-order valence-electron chi connectivity index (χ4n) is 3.29. The predicted molar refractivity (Wildman–Crippen MR) is 78.7 cm³/mol. The highest BCUT2D eigenvalue weighted by Gasteiger charge is 2.34. The minimum atomic E-state index is 0.354. The van der Waals surface area contributed by atoms with Gasteiger partial charge in [-0.15, -0.1) is 0 Å². The fraction of sp³-hybridized carbons (Fsp3) is 0.562. The maximum absolute atomic E-state index is 5.74. The molecular formula is C16H21N3O. The Bertz CT molecular complexity index is 644. The van der Waals surface area contributed by atoms with Gasteiger partial charge in [0.1, 0.15) is 5.82 Å². The van der Waals surface area contributed by atoms with Crippen LogP contribution in [0.15, 0.2) is 18.2 Å². The second-order valence-corrected chi connectivity index (χ2v) is 6.17. The number of hydrogen-bond donors (Lipinski definition) is 1. The molecule has 2 unspecified atom stereocenters. The van der Waals surface area contributed by atoms with Gasteiger partial charge >= 0.3 is 0 Å². The minimum absolute atomic E-state index is 0.354. The molecule has 4 nitrogen and oxygen atoms in total. The number of nitrogens with two attached hydrogens (primary N) is 1. The Morgan fingerprint density at radius 2 is 2.25 bits per heavy atom. The highest BCUT2D eigenvalue weighted by molar-refractivity contribution is 5.77. The topological polar surface area (TPSA) is 53.1 Å². The molecule has 1 saturated carbocycles. The van der Waals surface area contributed by atoms with Crippen molar-refractivity contribution in [2.75, 3.05) is 6.61 Å². The van der Waals surface area contributed by atoms with Crippen LogP contribution in [0, 0.1) is 0 Å². The van der Waals surface area contributed by atoms with Crippen molar-refractivity contribution in [1.29, 1.82) is 0 Å². The summed E-state index contributed by atoms with van der Waals surface area (Å²) in [5, 5.41) is 0. The van der Waals surface area contributed by atoms with Gasteiger partial charge < -0.3 is 15.0 Å². The molecule has 1 saturated heterocycles. The summed E-state index contributed by atoms with van der Waals surface area (Å²) in [7, 11) is 0. The quantitative estimate of drug-likeness (QED) is 0.934. The van der Waals surface area contributed by atoms with Gasteiger partial charge in [0.25, 0.3) is 0 Å². The molecule has 1 aromatic carbocycles. The Hall–Kier alpha value is -1.39. The maximum Gasteiger partial charge on any atom is 0.115 e. The molecule has 1 aliphatic heterocycles. The summed E-state index contributed by atoms with van der Waals surface area (Å²) in [6, 6.07) is 7.10. The van der Waals surface area contributed by atoms with Crippen molar-refractivity contribution in [2.24, 2.45) is 5.73 Å². The molecule has 20 heavy (non-hydrogen) atoms. The molecular weight excluding hydrogens is 250 g/mol. The van der Waals surface area contributed by atoms with Crippen LogP contribution in [-0.4, -0.2) is 22.3 Å². The van der Waals surface area contributed by atoms with Gasteiger partial charge in [-0.3, -0.25) is 0 Å². The molecule has 4 heteroatoms. The zero-order valence-corrected chi connectivity index (χ0v) is 11.9. The first-order chi connectivity index (χ1) is 9.76. The molecule has 2 heterocycles. The Labute approximate surface area is 118 Å². The van der Waals surface area contributed by atoms with E-state index in [1.807, 2.05) is 0 Å². The summed E-state index contributed by atoms with van der Waals surface area (Å²) in [4.78, 5) is 4.93. The van der Waals surface area contributed by atoms with Crippen molar-refractivity contribution in [1.82, 2.24) is 9.55 Å². The second kappa shape index (κ2) is 4.57. The molecule has 2 N–H and O–H groups in total. The van der Waals surface area contributed by atoms with Crippen LogP contribution in [0.3, 0.4) is 0 Å². The van der Waals surface area contributed by atoms with Crippen molar-refractivity contribution < 1.29 is 4.74 Å². The van der Waals surface area contributed by atoms with Crippen molar-refractivity contribution in [3.63, 3.8) is 0 Å². The Balaban J connectivity index is 1.84. The van der Waals surface area contributed by atoms with Gasteiger partial charge in [0.15, 0.2) is 0 Å². The van der Waals surface area contributed by atoms with Crippen LogP contribution in [0.4, 0.5) is 0 Å². The molecule has 1 aliphatic carbocycles. The second-order valence-electron chi connectivity index (χ2n) is 6.17. The summed E-state index contributed by atoms with van der Waals surface area (Å²) < 4.78 is 8.20. The van der Waals surface area contributed by atoms with Crippen molar-refractivity contribution in [3.8, 4) is 0 Å². The van der Waals surface area contributed by atoms with Crippen molar-refractivity contribution in [2.45, 2.75) is 50.8 Å². The number of nitrogens with zero attached hydrogens (tertiary/aromatic N) is 2. The zero-order chi connectivity index (χ0) is 13.7. The highest BCUT2D eigenvalue weighted by Crippen LogP contribution is 2.42. The van der Waals surface area contributed by atoms with E-state index in [-0.39, 0.29) is 0 Å². The third kappa shape index (κ3) is 1.95. The molecule has 0 radical (unpaired) electrons. The predicted octanol–water partition coefficient (Wildman–Crippen LogP) is 2.72. The largest absolute Gasteiger partial charge is 0.378 e. The Kier molecular flexibility index (Phi) is 2.82. The first-order valence-corrected chi connectivity index (χ1v) is 7.58. The summed E-state index contributed by atoms with van der Waals surface area (Å²) in [5.41, 5.74) is 9.25. The SMILES string of the molecule is CC1CC(c2nc3cc(CN)ccc3n2C2CC2)CO1. The van der Waals surface area contributed by atoms with Gasteiger partial charge in [-0.2, -0.15) is 0 Å². The van der Waals surface area contributed by atoms with Gasteiger partial charge in [-0.05, 0) is 43.9 Å². The number of benzene rings is 1. The molecule has 4 rings (SSSR count). The van der Waals surface area contributed by atoms with E-state index in [4.69, 9.17) is 15.5 Å². The third-order valence-electron chi connectivity index (χ3n) is 4.49. The van der Waals surface area contributed by atoms with E-state index < -0.39 is 0 Å². The molecule has 0 amide bonds. The van der Waals surface area contributed by atoms with Gasteiger partial charge in [0.2, 0.25) is 0 Å². The molecule has 106 valence electrons. The average molecular weight is 271 g/mol. The summed E-state index contributed by atoms with van der Waals surface area (Å²) in [6.45, 7) is 3.53. The van der Waals surface area contributed by atoms with E-state index in [1.54, 1.807) is 0 Å². The normalized spacial score (nSPS) is 26.5. The van der Waals surface area contributed by atoms with E-state index in [0.717, 1.165) is 24.1 Å². The fourth-order valence-corrected chi connectivity index (χ4v) is 3.29. The minimum Gasteiger partial charge on any atom is -0.378 e. The number of hydrogen-bond acceptors (Lipinski definition) is 3. The summed E-state index contributed by atoms with van der Waals surface area (Å²) in [6.07, 6.45) is 3.99. The lowest BCUT2D eigenvalue weighted by Crippen LogP contribution is -2.08. The van der Waals surface area contributed by atoms with E-state index >= 15 is 0 Å². The van der Waals surface area contributed by atoms with Crippen LogP contribution in [-0.2, 0) is 11.3 Å². The molecule has 2 atom stereocenters. The van der Waals surface area contributed by atoms with E-state index in [2.05, 4.69) is 29.7 Å². The van der Waals surface area contributed by atoms with E-state index in [0.29, 0.717) is 24.6 Å². The molecule has 0 spiro atoms. The van der Waals surface area contributed by atoms with Crippen molar-refractivity contribution in [3.05, 3.63) is 29.6 Å². The maximum atomic E-state index is 5.74. The van der Waals surface area contributed by atoms with Gasteiger partial charge in [-0.1, -0.05) is 6.07 Å². The summed E-state index contributed by atoms with van der Waals surface area (Å²) >= 11 is 0. The first kappa shape index (κ1) is 12.4. The molecule has 0 bridgehead atoms. The Morgan fingerprint density at radius 1 is 1.40 bits per heavy atom. The average Bonchev–Trinajstić information content (AvgIpc) is 3.09. The lowest BCUT2D eigenvalue weighted by Gasteiger charge is -2.11. The van der Waals surface area contributed by atoms with E-state index in [1.165, 1.54) is 24.2 Å². The number of imidazole rings is 1. The van der Waals surface area contributed by atoms with Crippen LogP contribution in [0.25, 0.3) is 11.0 Å². The van der Waals surface area contributed by atoms with Crippen LogP contribution >= 0.6 is 0 Å². The standard InChI is InChI=1S/C16H21N3O/c1-10-6-12(9-20-10)16-18-14-7-11(8-17)2-5-15(14)19(16)13-3-4-13/h2,5,7,10,12-13H,3-4,6,8-9,17H2,1H3. The van der Waals surface area contributed by atoms with Crippen LogP contribution in [0.5, 0.6) is 0 Å². The molecule has 2 aliphatic rings. The smallest absolute Gasteiger partial charge is 0.115 e. The van der Waals surface area contributed by atoms with Gasteiger partial charge in [0.05, 0.1) is 23.7 Å². The van der Waals surface area contributed by atoms with Gasteiger partial charge in [0, 0.05) is 18.5 Å². The van der Waals surface area contributed by atoms with Crippen molar-refractivity contribution >= 4 is 11.0 Å².